The Bertz CT molecular complexity index is 550. The smallest absolute Gasteiger partial charge is 0.264 e. The molecule has 0 spiro atoms. The van der Waals surface area contributed by atoms with E-state index in [4.69, 9.17) is 11.6 Å². The van der Waals surface area contributed by atoms with Gasteiger partial charge < -0.3 is 4.90 Å². The molecular formula is C12H13ClN2OS2. The minimum atomic E-state index is -0.0138. The van der Waals surface area contributed by atoms with Crippen LogP contribution in [0.5, 0.6) is 0 Å². The van der Waals surface area contributed by atoms with E-state index in [1.165, 1.54) is 16.2 Å². The van der Waals surface area contributed by atoms with E-state index in [1.54, 1.807) is 35.4 Å². The van der Waals surface area contributed by atoms with Crippen LogP contribution in [0.3, 0.4) is 0 Å². The summed E-state index contributed by atoms with van der Waals surface area (Å²) in [6.45, 7) is 2.64. The number of carbonyl (C=O) groups is 1. The molecule has 0 unspecified atom stereocenters. The van der Waals surface area contributed by atoms with Crippen molar-refractivity contribution in [2.75, 3.05) is 7.05 Å². The van der Waals surface area contributed by atoms with Crippen LogP contribution in [0, 0.1) is 0 Å². The Balaban J connectivity index is 2.03. The van der Waals surface area contributed by atoms with Gasteiger partial charge in [-0.15, -0.1) is 22.7 Å². The lowest BCUT2D eigenvalue weighted by Gasteiger charge is -2.14. The molecule has 0 atom stereocenters. The monoisotopic (exact) mass is 300 g/mol. The number of amides is 1. The van der Waals surface area contributed by atoms with Crippen molar-refractivity contribution in [3.8, 4) is 0 Å². The molecule has 2 aromatic rings. The van der Waals surface area contributed by atoms with Crippen molar-refractivity contribution < 1.29 is 4.79 Å². The highest BCUT2D eigenvalue weighted by Gasteiger charge is 2.15. The zero-order valence-corrected chi connectivity index (χ0v) is 12.5. The van der Waals surface area contributed by atoms with Gasteiger partial charge in [-0.1, -0.05) is 18.5 Å². The summed E-state index contributed by atoms with van der Waals surface area (Å²) in [6, 6.07) is 3.50. The molecule has 0 saturated carbocycles. The Morgan fingerprint density at radius 2 is 2.22 bits per heavy atom. The van der Waals surface area contributed by atoms with Crippen LogP contribution in [0.2, 0.25) is 4.34 Å². The van der Waals surface area contributed by atoms with Gasteiger partial charge in [-0.2, -0.15) is 0 Å². The summed E-state index contributed by atoms with van der Waals surface area (Å²) in [5, 5.41) is 0.963. The first-order valence-electron chi connectivity index (χ1n) is 5.54. The summed E-state index contributed by atoms with van der Waals surface area (Å²) >= 11 is 8.78. The minimum absolute atomic E-state index is 0.0138. The molecule has 2 rings (SSSR count). The van der Waals surface area contributed by atoms with Gasteiger partial charge in [0.25, 0.3) is 5.91 Å². The number of thiophene rings is 1. The van der Waals surface area contributed by atoms with Gasteiger partial charge in [0, 0.05) is 18.1 Å². The zero-order chi connectivity index (χ0) is 13.1. The van der Waals surface area contributed by atoms with Crippen LogP contribution in [-0.4, -0.2) is 22.8 Å². The molecular weight excluding hydrogens is 288 g/mol. The number of halogens is 1. The molecule has 96 valence electrons. The first-order valence-corrected chi connectivity index (χ1v) is 7.55. The average Bonchev–Trinajstić information content (AvgIpc) is 2.97. The van der Waals surface area contributed by atoms with Gasteiger partial charge in [0.05, 0.1) is 15.8 Å². The van der Waals surface area contributed by atoms with Crippen LogP contribution < -0.4 is 0 Å². The number of hydrogen-bond acceptors (Lipinski definition) is 4. The third-order valence-electron chi connectivity index (χ3n) is 2.45. The van der Waals surface area contributed by atoms with E-state index in [2.05, 4.69) is 11.9 Å². The van der Waals surface area contributed by atoms with Crippen molar-refractivity contribution >= 4 is 40.2 Å². The molecule has 0 radical (unpaired) electrons. The van der Waals surface area contributed by atoms with E-state index in [0.29, 0.717) is 15.8 Å². The Labute approximate surface area is 119 Å². The second-order valence-corrected chi connectivity index (χ2v) is 6.75. The van der Waals surface area contributed by atoms with Crippen molar-refractivity contribution in [2.45, 2.75) is 19.9 Å². The van der Waals surface area contributed by atoms with Crippen molar-refractivity contribution in [3.63, 3.8) is 0 Å². The van der Waals surface area contributed by atoms with Crippen LogP contribution in [0.15, 0.2) is 18.3 Å². The summed E-state index contributed by atoms with van der Waals surface area (Å²) in [5.41, 5.74) is 0. The predicted molar refractivity (Wildman–Crippen MR) is 76.6 cm³/mol. The number of rotatable bonds is 4. The van der Waals surface area contributed by atoms with Gasteiger partial charge in [0.15, 0.2) is 0 Å². The van der Waals surface area contributed by atoms with E-state index in [9.17, 15) is 4.79 Å². The van der Waals surface area contributed by atoms with Crippen LogP contribution >= 0.6 is 34.3 Å². The molecule has 1 amide bonds. The quantitative estimate of drug-likeness (QED) is 0.863. The highest BCUT2D eigenvalue weighted by atomic mass is 35.5. The number of nitrogens with zero attached hydrogens (tertiary/aromatic N) is 2. The fourth-order valence-corrected chi connectivity index (χ4v) is 3.43. The first kappa shape index (κ1) is 13.5. The summed E-state index contributed by atoms with van der Waals surface area (Å²) in [4.78, 5) is 20.0. The molecule has 0 aliphatic rings. The Hall–Kier alpha value is -0.910. The molecule has 0 aliphatic heterocycles. The van der Waals surface area contributed by atoms with Crippen molar-refractivity contribution in [3.05, 3.63) is 37.4 Å². The largest absolute Gasteiger partial charge is 0.334 e. The average molecular weight is 301 g/mol. The normalized spacial score (nSPS) is 10.6. The number of aromatic nitrogens is 1. The van der Waals surface area contributed by atoms with E-state index >= 15 is 0 Å². The third-order valence-corrected chi connectivity index (χ3v) is 4.80. The Kier molecular flexibility index (Phi) is 4.37. The molecule has 0 N–H and O–H groups in total. The van der Waals surface area contributed by atoms with Crippen LogP contribution in [0.1, 0.15) is 26.5 Å². The van der Waals surface area contributed by atoms with E-state index < -0.39 is 0 Å². The molecule has 0 bridgehead atoms. The SMILES string of the molecule is CCc1cnc(CN(C)C(=O)c2ccc(Cl)s2)s1. The molecule has 0 aromatic carbocycles. The lowest BCUT2D eigenvalue weighted by atomic mass is 10.4. The standard InChI is InChI=1S/C12H13ClN2OS2/c1-3-8-6-14-11(17-8)7-15(2)12(16)9-4-5-10(13)18-9/h4-6H,3,7H2,1-2H3. The minimum Gasteiger partial charge on any atom is -0.334 e. The maximum atomic E-state index is 12.1. The highest BCUT2D eigenvalue weighted by Crippen LogP contribution is 2.23. The van der Waals surface area contributed by atoms with Crippen LogP contribution in [0.4, 0.5) is 0 Å². The molecule has 0 aliphatic carbocycles. The summed E-state index contributed by atoms with van der Waals surface area (Å²) in [6.07, 6.45) is 2.86. The fourth-order valence-electron chi connectivity index (χ4n) is 1.48. The molecule has 18 heavy (non-hydrogen) atoms. The predicted octanol–water partition coefficient (Wildman–Crippen LogP) is 3.69. The van der Waals surface area contributed by atoms with E-state index in [0.717, 1.165) is 11.4 Å². The highest BCUT2D eigenvalue weighted by molar-refractivity contribution is 7.18. The second kappa shape index (κ2) is 5.82. The zero-order valence-electron chi connectivity index (χ0n) is 10.1. The van der Waals surface area contributed by atoms with Crippen molar-refractivity contribution in [2.24, 2.45) is 0 Å². The number of hydrogen-bond donors (Lipinski definition) is 0. The Morgan fingerprint density at radius 1 is 1.44 bits per heavy atom. The van der Waals surface area contributed by atoms with E-state index in [1.807, 2.05) is 6.20 Å². The first-order chi connectivity index (χ1) is 8.60. The summed E-state index contributed by atoms with van der Waals surface area (Å²) in [5.74, 6) is -0.0138. The van der Waals surface area contributed by atoms with Crippen LogP contribution in [-0.2, 0) is 13.0 Å². The molecule has 6 heteroatoms. The van der Waals surface area contributed by atoms with Gasteiger partial charge in [0.1, 0.15) is 5.01 Å². The molecule has 2 aromatic heterocycles. The number of thiazole rings is 1. The lowest BCUT2D eigenvalue weighted by Crippen LogP contribution is -2.25. The maximum absolute atomic E-state index is 12.1. The van der Waals surface area contributed by atoms with Crippen molar-refractivity contribution in [1.82, 2.24) is 9.88 Å². The summed E-state index contributed by atoms with van der Waals surface area (Å²) < 4.78 is 0.634. The Morgan fingerprint density at radius 3 is 2.78 bits per heavy atom. The lowest BCUT2D eigenvalue weighted by molar-refractivity contribution is 0.0790. The van der Waals surface area contributed by atoms with Gasteiger partial charge >= 0.3 is 0 Å². The second-order valence-electron chi connectivity index (χ2n) is 3.84. The maximum Gasteiger partial charge on any atom is 0.264 e. The van der Waals surface area contributed by atoms with Crippen molar-refractivity contribution in [1.29, 1.82) is 0 Å². The molecule has 0 saturated heterocycles. The van der Waals surface area contributed by atoms with Gasteiger partial charge in [0.2, 0.25) is 0 Å². The van der Waals surface area contributed by atoms with Gasteiger partial charge in [-0.3, -0.25) is 4.79 Å². The number of aryl methyl sites for hydroxylation is 1. The number of carbonyl (C=O) groups excluding carboxylic acids is 1. The van der Waals surface area contributed by atoms with E-state index in [-0.39, 0.29) is 5.91 Å². The van der Waals surface area contributed by atoms with Crippen LogP contribution in [0.25, 0.3) is 0 Å². The fraction of sp³-hybridized carbons (Fsp3) is 0.333. The van der Waals surface area contributed by atoms with Gasteiger partial charge in [-0.05, 0) is 18.6 Å². The topological polar surface area (TPSA) is 33.2 Å². The summed E-state index contributed by atoms with van der Waals surface area (Å²) in [7, 11) is 1.78. The molecule has 0 fully saturated rings. The molecule has 2 heterocycles. The molecule has 3 nitrogen and oxygen atoms in total. The van der Waals surface area contributed by atoms with Gasteiger partial charge in [-0.25, -0.2) is 4.98 Å². The third kappa shape index (κ3) is 3.10.